The van der Waals surface area contributed by atoms with Gasteiger partial charge >= 0.3 is 0 Å². The van der Waals surface area contributed by atoms with E-state index in [1.807, 2.05) is 23.5 Å². The van der Waals surface area contributed by atoms with Crippen LogP contribution in [0.2, 0.25) is 0 Å². The largest absolute Gasteiger partial charge is 0.456 e. The molecule has 2 aromatic heterocycles. The van der Waals surface area contributed by atoms with Crippen LogP contribution in [-0.2, 0) is 0 Å². The molecule has 49 heavy (non-hydrogen) atoms. The molecule has 0 amide bonds. The second kappa shape index (κ2) is 11.2. The number of rotatable bonds is 5. The highest BCUT2D eigenvalue weighted by Gasteiger charge is 2.17. The molecular formula is C46H29NOS. The van der Waals surface area contributed by atoms with E-state index in [-0.39, 0.29) is 0 Å². The SMILES string of the molecule is c1cc(-c2ccc3oc4ccccc4c3c2)cc(N(c2ccc(-c3cccc4ccccc34)cc2)c2ccc3sc4ccccc4c3c2)c1. The molecule has 0 radical (unpaired) electrons. The minimum Gasteiger partial charge on any atom is -0.456 e. The third-order valence-electron chi connectivity index (χ3n) is 9.66. The molecule has 0 aliphatic rings. The van der Waals surface area contributed by atoms with Crippen LogP contribution in [0.15, 0.2) is 180 Å². The normalized spacial score (nSPS) is 11.7. The second-order valence-corrected chi connectivity index (χ2v) is 13.6. The summed E-state index contributed by atoms with van der Waals surface area (Å²) in [6.45, 7) is 0. The van der Waals surface area contributed by atoms with Crippen LogP contribution in [0.1, 0.15) is 0 Å². The zero-order valence-electron chi connectivity index (χ0n) is 26.5. The van der Waals surface area contributed by atoms with Gasteiger partial charge in [-0.2, -0.15) is 0 Å². The van der Waals surface area contributed by atoms with Gasteiger partial charge in [-0.1, -0.05) is 109 Å². The molecule has 8 aromatic carbocycles. The van der Waals surface area contributed by atoms with Crippen LogP contribution in [0.3, 0.4) is 0 Å². The van der Waals surface area contributed by atoms with E-state index in [1.165, 1.54) is 42.1 Å². The zero-order chi connectivity index (χ0) is 32.3. The smallest absolute Gasteiger partial charge is 0.135 e. The van der Waals surface area contributed by atoms with Crippen molar-refractivity contribution in [3.8, 4) is 22.3 Å². The predicted molar refractivity (Wildman–Crippen MR) is 210 cm³/mol. The number of thiophene rings is 1. The summed E-state index contributed by atoms with van der Waals surface area (Å²) >= 11 is 1.85. The highest BCUT2D eigenvalue weighted by atomic mass is 32.1. The number of benzene rings is 8. The van der Waals surface area contributed by atoms with Crippen molar-refractivity contribution in [1.29, 1.82) is 0 Å². The van der Waals surface area contributed by atoms with Crippen molar-refractivity contribution < 1.29 is 4.42 Å². The Bertz CT molecular complexity index is 2840. The van der Waals surface area contributed by atoms with Gasteiger partial charge in [0.1, 0.15) is 11.2 Å². The molecule has 0 saturated heterocycles. The monoisotopic (exact) mass is 643 g/mol. The fourth-order valence-electron chi connectivity index (χ4n) is 7.30. The summed E-state index contributed by atoms with van der Waals surface area (Å²) < 4.78 is 8.74. The molecule has 230 valence electrons. The average molecular weight is 644 g/mol. The van der Waals surface area contributed by atoms with Crippen LogP contribution in [0.4, 0.5) is 17.1 Å². The Morgan fingerprint density at radius 2 is 1.02 bits per heavy atom. The Balaban J connectivity index is 1.12. The van der Waals surface area contributed by atoms with Gasteiger partial charge in [-0.25, -0.2) is 0 Å². The molecule has 2 nitrogen and oxygen atoms in total. The second-order valence-electron chi connectivity index (χ2n) is 12.5. The van der Waals surface area contributed by atoms with Crippen molar-refractivity contribution in [3.63, 3.8) is 0 Å². The molecule has 10 rings (SSSR count). The van der Waals surface area contributed by atoms with Crippen molar-refractivity contribution in [2.45, 2.75) is 0 Å². The summed E-state index contributed by atoms with van der Waals surface area (Å²) in [5.41, 5.74) is 9.92. The molecule has 0 fully saturated rings. The summed E-state index contributed by atoms with van der Waals surface area (Å²) in [7, 11) is 0. The summed E-state index contributed by atoms with van der Waals surface area (Å²) in [6.07, 6.45) is 0. The summed E-state index contributed by atoms with van der Waals surface area (Å²) in [5, 5.41) is 7.36. The van der Waals surface area contributed by atoms with E-state index in [9.17, 15) is 0 Å². The lowest BCUT2D eigenvalue weighted by molar-refractivity contribution is 0.669. The summed E-state index contributed by atoms with van der Waals surface area (Å²) in [4.78, 5) is 2.38. The van der Waals surface area contributed by atoms with E-state index in [0.29, 0.717) is 0 Å². The van der Waals surface area contributed by atoms with Gasteiger partial charge in [-0.15, -0.1) is 11.3 Å². The van der Waals surface area contributed by atoms with Crippen molar-refractivity contribution in [2.24, 2.45) is 0 Å². The van der Waals surface area contributed by atoms with E-state index in [0.717, 1.165) is 50.1 Å². The number of nitrogens with zero attached hydrogens (tertiary/aromatic N) is 1. The van der Waals surface area contributed by atoms with E-state index in [2.05, 4.69) is 169 Å². The first-order chi connectivity index (χ1) is 24.3. The maximum atomic E-state index is 6.14. The molecule has 0 bridgehead atoms. The Kier molecular flexibility index (Phi) is 6.39. The Hall–Kier alpha value is -6.16. The summed E-state index contributed by atoms with van der Waals surface area (Å²) in [6, 6.07) is 63.4. The van der Waals surface area contributed by atoms with Gasteiger partial charge in [-0.05, 0) is 99.8 Å². The van der Waals surface area contributed by atoms with Crippen molar-refractivity contribution in [3.05, 3.63) is 176 Å². The lowest BCUT2D eigenvalue weighted by Crippen LogP contribution is -2.10. The lowest BCUT2D eigenvalue weighted by atomic mass is 9.98. The maximum absolute atomic E-state index is 6.14. The Morgan fingerprint density at radius 1 is 0.367 bits per heavy atom. The molecule has 10 aromatic rings. The topological polar surface area (TPSA) is 16.4 Å². The molecule has 0 unspecified atom stereocenters. The van der Waals surface area contributed by atoms with Gasteiger partial charge in [0.2, 0.25) is 0 Å². The molecule has 0 N–H and O–H groups in total. The average Bonchev–Trinajstić information content (AvgIpc) is 3.73. The fourth-order valence-corrected chi connectivity index (χ4v) is 8.38. The molecule has 0 aliphatic heterocycles. The lowest BCUT2D eigenvalue weighted by Gasteiger charge is -2.26. The van der Waals surface area contributed by atoms with Crippen LogP contribution in [-0.4, -0.2) is 0 Å². The number of para-hydroxylation sites is 1. The van der Waals surface area contributed by atoms with Crippen LogP contribution in [0.5, 0.6) is 0 Å². The number of anilines is 3. The van der Waals surface area contributed by atoms with Crippen molar-refractivity contribution >= 4 is 81.3 Å². The molecule has 3 heteroatoms. The Labute approximate surface area is 287 Å². The highest BCUT2D eigenvalue weighted by molar-refractivity contribution is 7.25. The highest BCUT2D eigenvalue weighted by Crippen LogP contribution is 2.42. The predicted octanol–water partition coefficient (Wildman–Crippen LogP) is 13.9. The van der Waals surface area contributed by atoms with Crippen LogP contribution >= 0.6 is 11.3 Å². The third kappa shape index (κ3) is 4.70. The summed E-state index contributed by atoms with van der Waals surface area (Å²) in [5.74, 6) is 0. The number of fused-ring (bicyclic) bond motifs is 7. The quantitative estimate of drug-likeness (QED) is 0.186. The maximum Gasteiger partial charge on any atom is 0.135 e. The van der Waals surface area contributed by atoms with E-state index < -0.39 is 0 Å². The first kappa shape index (κ1) is 27.9. The Morgan fingerprint density at radius 3 is 1.94 bits per heavy atom. The van der Waals surface area contributed by atoms with Gasteiger partial charge < -0.3 is 9.32 Å². The minimum atomic E-state index is 0.908. The van der Waals surface area contributed by atoms with Gasteiger partial charge in [-0.3, -0.25) is 0 Å². The molecule has 2 heterocycles. The number of hydrogen-bond acceptors (Lipinski definition) is 3. The first-order valence-corrected chi connectivity index (χ1v) is 17.4. The molecule has 0 spiro atoms. The zero-order valence-corrected chi connectivity index (χ0v) is 27.3. The fraction of sp³-hybridized carbons (Fsp3) is 0. The standard InChI is InChI=1S/C46H29NOS/c1-2-13-37-30(9-1)10-8-16-38(37)31-19-22-34(23-20-31)47(36-24-26-46-42(29-36)40-15-4-6-18-45(40)49-46)35-12-7-11-32(27-35)33-21-25-44-41(28-33)39-14-3-5-17-43(39)48-44/h1-29H. The third-order valence-corrected chi connectivity index (χ3v) is 10.8. The first-order valence-electron chi connectivity index (χ1n) is 16.6. The molecule has 0 saturated carbocycles. The van der Waals surface area contributed by atoms with Gasteiger partial charge in [0.05, 0.1) is 0 Å². The van der Waals surface area contributed by atoms with Gasteiger partial charge in [0.15, 0.2) is 0 Å². The van der Waals surface area contributed by atoms with Crippen LogP contribution in [0, 0.1) is 0 Å². The van der Waals surface area contributed by atoms with Crippen molar-refractivity contribution in [1.82, 2.24) is 0 Å². The number of furan rings is 1. The van der Waals surface area contributed by atoms with E-state index in [4.69, 9.17) is 4.42 Å². The minimum absolute atomic E-state index is 0.908. The van der Waals surface area contributed by atoms with Crippen LogP contribution in [0.25, 0.3) is 75.1 Å². The van der Waals surface area contributed by atoms with Gasteiger partial charge in [0.25, 0.3) is 0 Å². The van der Waals surface area contributed by atoms with Gasteiger partial charge in [0, 0.05) is 48.0 Å². The van der Waals surface area contributed by atoms with E-state index in [1.54, 1.807) is 0 Å². The molecule has 0 aliphatic carbocycles. The van der Waals surface area contributed by atoms with Crippen LogP contribution < -0.4 is 4.90 Å². The van der Waals surface area contributed by atoms with E-state index >= 15 is 0 Å². The molecular weight excluding hydrogens is 615 g/mol. The van der Waals surface area contributed by atoms with Crippen molar-refractivity contribution in [2.75, 3.05) is 4.90 Å². The number of hydrogen-bond donors (Lipinski definition) is 0. The molecule has 0 atom stereocenters.